The van der Waals surface area contributed by atoms with Crippen LogP contribution in [0.3, 0.4) is 0 Å². The van der Waals surface area contributed by atoms with Gasteiger partial charge in [0.05, 0.1) is 18.5 Å². The number of nitrogens with one attached hydrogen (secondary N) is 2. The van der Waals surface area contributed by atoms with Crippen molar-refractivity contribution in [1.82, 2.24) is 19.9 Å². The van der Waals surface area contributed by atoms with Crippen molar-refractivity contribution >= 4 is 11.6 Å². The van der Waals surface area contributed by atoms with Crippen molar-refractivity contribution in [2.45, 2.75) is 19.9 Å². The number of nitrogens with zero attached hydrogens (tertiary/aromatic N) is 3. The number of hydrogen-bond donors (Lipinski definition) is 2. The van der Waals surface area contributed by atoms with Crippen molar-refractivity contribution in [1.29, 1.82) is 0 Å². The molecule has 0 aliphatic carbocycles. The van der Waals surface area contributed by atoms with Crippen molar-refractivity contribution in [3.63, 3.8) is 0 Å². The Morgan fingerprint density at radius 3 is 3.14 bits per heavy atom. The van der Waals surface area contributed by atoms with Gasteiger partial charge in [-0.1, -0.05) is 0 Å². The molecule has 0 fully saturated rings. The molecule has 0 spiro atoms. The third-order valence-electron chi connectivity index (χ3n) is 3.68. The van der Waals surface area contributed by atoms with E-state index in [9.17, 15) is 4.79 Å². The van der Waals surface area contributed by atoms with Gasteiger partial charge in [0.1, 0.15) is 11.5 Å². The molecule has 0 bridgehead atoms. The minimum atomic E-state index is -0.238. The lowest BCUT2D eigenvalue weighted by molar-refractivity contribution is 0.102. The van der Waals surface area contributed by atoms with Gasteiger partial charge < -0.3 is 19.9 Å². The largest absolute Gasteiger partial charge is 0.493 e. The third kappa shape index (κ3) is 2.80. The van der Waals surface area contributed by atoms with Gasteiger partial charge in [-0.05, 0) is 13.0 Å². The summed E-state index contributed by atoms with van der Waals surface area (Å²) in [4.78, 5) is 21.0. The average molecular weight is 301 g/mol. The number of carbonyl (C=O) groups excluding carboxylic acids is 1. The number of aromatic nitrogens is 3. The van der Waals surface area contributed by atoms with Gasteiger partial charge in [-0.15, -0.1) is 0 Å². The number of imidazole rings is 1. The van der Waals surface area contributed by atoms with Gasteiger partial charge in [0.15, 0.2) is 5.75 Å². The highest BCUT2D eigenvalue weighted by atomic mass is 16.5. The van der Waals surface area contributed by atoms with Crippen LogP contribution in [0.15, 0.2) is 18.5 Å². The second-order valence-electron chi connectivity index (χ2n) is 5.17. The van der Waals surface area contributed by atoms with Crippen LogP contribution in [0.25, 0.3) is 0 Å². The second-order valence-corrected chi connectivity index (χ2v) is 5.17. The molecule has 0 radical (unpaired) electrons. The molecule has 2 aromatic rings. The van der Waals surface area contributed by atoms with Gasteiger partial charge in [-0.2, -0.15) is 0 Å². The smallest absolute Gasteiger partial charge is 0.275 e. The molecular formula is C15H19N5O2. The lowest BCUT2D eigenvalue weighted by atomic mass is 10.3. The SMILES string of the molecule is COc1c(NC(=O)c2cn3c(n2)CCNCC3)ccnc1C. The quantitative estimate of drug-likeness (QED) is 0.884. The fourth-order valence-electron chi connectivity index (χ4n) is 2.58. The van der Waals surface area contributed by atoms with Crippen molar-refractivity contribution in [2.75, 3.05) is 25.5 Å². The maximum absolute atomic E-state index is 12.4. The summed E-state index contributed by atoms with van der Waals surface area (Å²) in [6.07, 6.45) is 4.27. The summed E-state index contributed by atoms with van der Waals surface area (Å²) >= 11 is 0. The van der Waals surface area contributed by atoms with Crippen LogP contribution < -0.4 is 15.4 Å². The summed E-state index contributed by atoms with van der Waals surface area (Å²) in [5.74, 6) is 1.27. The predicted molar refractivity (Wildman–Crippen MR) is 82.3 cm³/mol. The topological polar surface area (TPSA) is 81.1 Å². The van der Waals surface area contributed by atoms with Crippen LogP contribution in [0.2, 0.25) is 0 Å². The van der Waals surface area contributed by atoms with Crippen LogP contribution in [-0.2, 0) is 13.0 Å². The van der Waals surface area contributed by atoms with Crippen molar-refractivity contribution in [2.24, 2.45) is 0 Å². The van der Waals surface area contributed by atoms with E-state index < -0.39 is 0 Å². The molecule has 1 amide bonds. The molecule has 3 heterocycles. The Labute approximate surface area is 128 Å². The van der Waals surface area contributed by atoms with E-state index in [1.54, 1.807) is 25.6 Å². The van der Waals surface area contributed by atoms with Gasteiger partial charge in [0.25, 0.3) is 5.91 Å². The fourth-order valence-corrected chi connectivity index (χ4v) is 2.58. The first-order valence-electron chi connectivity index (χ1n) is 7.26. The Bertz CT molecular complexity index is 672. The summed E-state index contributed by atoms with van der Waals surface area (Å²) in [7, 11) is 1.56. The molecule has 3 rings (SSSR count). The van der Waals surface area contributed by atoms with Crippen LogP contribution >= 0.6 is 0 Å². The first-order valence-corrected chi connectivity index (χ1v) is 7.26. The molecule has 0 aromatic carbocycles. The van der Waals surface area contributed by atoms with Gasteiger partial charge in [0.2, 0.25) is 0 Å². The van der Waals surface area contributed by atoms with Gasteiger partial charge in [-0.3, -0.25) is 9.78 Å². The molecule has 1 aliphatic rings. The molecule has 0 unspecified atom stereocenters. The number of methoxy groups -OCH3 is 1. The van der Waals surface area contributed by atoms with Crippen molar-refractivity contribution < 1.29 is 9.53 Å². The van der Waals surface area contributed by atoms with Crippen LogP contribution in [0.1, 0.15) is 22.0 Å². The van der Waals surface area contributed by atoms with E-state index in [4.69, 9.17) is 4.74 Å². The Morgan fingerprint density at radius 2 is 2.32 bits per heavy atom. The molecule has 22 heavy (non-hydrogen) atoms. The standard InChI is InChI=1S/C15H19N5O2/c1-10-14(22-2)11(3-6-17-10)19-15(21)12-9-20-8-7-16-5-4-13(20)18-12/h3,6,9,16H,4-5,7-8H2,1-2H3,(H,17,19,21). The number of carbonyl (C=O) groups is 1. The minimum Gasteiger partial charge on any atom is -0.493 e. The number of fused-ring (bicyclic) bond motifs is 1. The van der Waals surface area contributed by atoms with E-state index in [1.807, 2.05) is 11.5 Å². The average Bonchev–Trinajstić information content (AvgIpc) is 2.79. The van der Waals surface area contributed by atoms with Crippen LogP contribution in [0.5, 0.6) is 5.75 Å². The predicted octanol–water partition coefficient (Wildman–Crippen LogP) is 0.993. The van der Waals surface area contributed by atoms with E-state index in [1.165, 1.54) is 0 Å². The number of aryl methyl sites for hydroxylation is 1. The van der Waals surface area contributed by atoms with Gasteiger partial charge >= 0.3 is 0 Å². The maximum atomic E-state index is 12.4. The number of ether oxygens (including phenoxy) is 1. The monoisotopic (exact) mass is 301 g/mol. The second kappa shape index (κ2) is 6.15. The highest BCUT2D eigenvalue weighted by Crippen LogP contribution is 2.26. The van der Waals surface area contributed by atoms with Crippen LogP contribution in [-0.4, -0.2) is 40.6 Å². The van der Waals surface area contributed by atoms with Gasteiger partial charge in [0, 0.05) is 38.4 Å². The normalized spacial score (nSPS) is 14.1. The third-order valence-corrected chi connectivity index (χ3v) is 3.68. The van der Waals surface area contributed by atoms with Crippen LogP contribution in [0.4, 0.5) is 5.69 Å². The Morgan fingerprint density at radius 1 is 1.45 bits per heavy atom. The number of anilines is 1. The maximum Gasteiger partial charge on any atom is 0.275 e. The van der Waals surface area contributed by atoms with Gasteiger partial charge in [-0.25, -0.2) is 4.98 Å². The van der Waals surface area contributed by atoms with E-state index in [-0.39, 0.29) is 5.91 Å². The summed E-state index contributed by atoms with van der Waals surface area (Å²) < 4.78 is 7.33. The summed E-state index contributed by atoms with van der Waals surface area (Å²) in [6, 6.07) is 1.72. The van der Waals surface area contributed by atoms with Crippen LogP contribution in [0, 0.1) is 6.92 Å². The molecule has 7 nitrogen and oxygen atoms in total. The minimum absolute atomic E-state index is 0.238. The molecule has 2 aromatic heterocycles. The lowest BCUT2D eigenvalue weighted by Gasteiger charge is -2.10. The van der Waals surface area contributed by atoms with E-state index in [0.717, 1.165) is 37.6 Å². The molecule has 0 atom stereocenters. The molecule has 0 saturated carbocycles. The number of amides is 1. The van der Waals surface area contributed by atoms with Crippen molar-refractivity contribution in [3.05, 3.63) is 35.7 Å². The Balaban J connectivity index is 1.82. The first kappa shape index (κ1) is 14.5. The lowest BCUT2D eigenvalue weighted by Crippen LogP contribution is -2.18. The zero-order chi connectivity index (χ0) is 15.5. The zero-order valence-electron chi connectivity index (χ0n) is 12.7. The molecule has 0 saturated heterocycles. The molecular weight excluding hydrogens is 282 g/mol. The number of pyridine rings is 1. The first-order chi connectivity index (χ1) is 10.7. The highest BCUT2D eigenvalue weighted by molar-refractivity contribution is 6.03. The van der Waals surface area contributed by atoms with E-state index in [2.05, 4.69) is 20.6 Å². The van der Waals surface area contributed by atoms with E-state index >= 15 is 0 Å². The molecule has 1 aliphatic heterocycles. The fraction of sp³-hybridized carbons (Fsp3) is 0.400. The van der Waals surface area contributed by atoms with E-state index in [0.29, 0.717) is 17.1 Å². The number of hydrogen-bond acceptors (Lipinski definition) is 5. The summed E-state index contributed by atoms with van der Waals surface area (Å²) in [5, 5.41) is 6.15. The highest BCUT2D eigenvalue weighted by Gasteiger charge is 2.17. The molecule has 116 valence electrons. The summed E-state index contributed by atoms with van der Waals surface area (Å²) in [5.41, 5.74) is 1.75. The zero-order valence-corrected chi connectivity index (χ0v) is 12.7. The Hall–Kier alpha value is -2.41. The number of rotatable bonds is 3. The molecule has 2 N–H and O–H groups in total. The molecule has 7 heteroatoms. The Kier molecular flexibility index (Phi) is 4.06. The summed E-state index contributed by atoms with van der Waals surface area (Å²) in [6.45, 7) is 4.44. The van der Waals surface area contributed by atoms with Crippen molar-refractivity contribution in [3.8, 4) is 5.75 Å².